The minimum absolute atomic E-state index is 0.274. The molecule has 0 heterocycles. The average molecular weight is 330 g/mol. The van der Waals surface area contributed by atoms with Gasteiger partial charge in [-0.3, -0.25) is 4.79 Å². The normalized spacial score (nSPS) is 10.8. The molecule has 96 valence electrons. The molecule has 0 bridgehead atoms. The number of benzene rings is 1. The molecule has 5 heteroatoms. The Morgan fingerprint density at radius 1 is 1.50 bits per heavy atom. The van der Waals surface area contributed by atoms with Crippen LogP contribution in [0.4, 0.5) is 5.69 Å². The van der Waals surface area contributed by atoms with Gasteiger partial charge in [-0.05, 0) is 47.0 Å². The highest BCUT2D eigenvalue weighted by atomic mass is 79.9. The fourth-order valence-corrected chi connectivity index (χ4v) is 2.10. The number of anilines is 1. The zero-order valence-corrected chi connectivity index (χ0v) is 12.6. The Kier molecular flexibility index (Phi) is 5.18. The maximum Gasteiger partial charge on any atom is 0.244 e. The highest BCUT2D eigenvalue weighted by Crippen LogP contribution is 2.29. The number of nitrogens with one attached hydrogen (secondary N) is 1. The van der Waals surface area contributed by atoms with Crippen LogP contribution in [0.5, 0.6) is 0 Å². The maximum absolute atomic E-state index is 12.1. The molecule has 0 radical (unpaired) electrons. The number of hydrogen-bond acceptors (Lipinski definition) is 2. The van der Waals surface area contributed by atoms with E-state index >= 15 is 0 Å². The van der Waals surface area contributed by atoms with Gasteiger partial charge in [0.05, 0.1) is 11.1 Å². The van der Waals surface area contributed by atoms with E-state index in [0.717, 1.165) is 0 Å². The van der Waals surface area contributed by atoms with Gasteiger partial charge in [0.2, 0.25) is 5.91 Å². The topological polar surface area (TPSA) is 52.9 Å². The molecular formula is C13H14BrClN2O. The van der Waals surface area contributed by atoms with Crippen molar-refractivity contribution in [2.45, 2.75) is 26.7 Å². The number of carbonyl (C=O) groups is 1. The van der Waals surface area contributed by atoms with Crippen molar-refractivity contribution in [2.75, 3.05) is 5.32 Å². The van der Waals surface area contributed by atoms with Gasteiger partial charge in [0.25, 0.3) is 0 Å². The lowest BCUT2D eigenvalue weighted by Gasteiger charge is -2.22. The molecule has 0 unspecified atom stereocenters. The first kappa shape index (κ1) is 15.0. The summed E-state index contributed by atoms with van der Waals surface area (Å²) in [5.74, 6) is -0.274. The highest BCUT2D eigenvalue weighted by Gasteiger charge is 2.34. The molecule has 0 spiro atoms. The van der Waals surface area contributed by atoms with Crippen LogP contribution in [0, 0.1) is 16.7 Å². The summed E-state index contributed by atoms with van der Waals surface area (Å²) in [6.45, 7) is 3.67. The molecule has 1 N–H and O–H groups in total. The Bertz CT molecular complexity index is 492. The van der Waals surface area contributed by atoms with Gasteiger partial charge in [-0.2, -0.15) is 5.26 Å². The van der Waals surface area contributed by atoms with Crippen LogP contribution >= 0.6 is 27.5 Å². The number of carbonyl (C=O) groups excluding carboxylic acids is 1. The van der Waals surface area contributed by atoms with Gasteiger partial charge in [-0.15, -0.1) is 0 Å². The van der Waals surface area contributed by atoms with Crippen LogP contribution in [0.3, 0.4) is 0 Å². The Morgan fingerprint density at radius 3 is 2.56 bits per heavy atom. The molecule has 0 saturated carbocycles. The first-order valence-electron chi connectivity index (χ1n) is 5.67. The van der Waals surface area contributed by atoms with E-state index in [2.05, 4.69) is 27.3 Å². The summed E-state index contributed by atoms with van der Waals surface area (Å²) in [6, 6.07) is 7.22. The predicted octanol–water partition coefficient (Wildman–Crippen LogP) is 4.37. The van der Waals surface area contributed by atoms with E-state index in [9.17, 15) is 10.1 Å². The van der Waals surface area contributed by atoms with E-state index in [1.165, 1.54) is 0 Å². The van der Waals surface area contributed by atoms with Crippen molar-refractivity contribution in [3.63, 3.8) is 0 Å². The first-order chi connectivity index (χ1) is 8.49. The molecule has 0 aromatic heterocycles. The van der Waals surface area contributed by atoms with Crippen LogP contribution in [0.15, 0.2) is 22.7 Å². The quantitative estimate of drug-likeness (QED) is 0.891. The number of rotatable bonds is 4. The molecule has 3 nitrogen and oxygen atoms in total. The fourth-order valence-electron chi connectivity index (χ4n) is 1.60. The molecule has 18 heavy (non-hydrogen) atoms. The van der Waals surface area contributed by atoms with Crippen molar-refractivity contribution in [2.24, 2.45) is 5.41 Å². The third kappa shape index (κ3) is 3.04. The number of nitrogens with zero attached hydrogens (tertiary/aromatic N) is 1. The third-order valence-corrected chi connectivity index (χ3v) is 4.25. The van der Waals surface area contributed by atoms with E-state index in [1.807, 2.05) is 13.8 Å². The van der Waals surface area contributed by atoms with Crippen LogP contribution in [-0.4, -0.2) is 5.91 Å². The van der Waals surface area contributed by atoms with E-state index in [-0.39, 0.29) is 5.91 Å². The zero-order valence-electron chi connectivity index (χ0n) is 10.3. The van der Waals surface area contributed by atoms with Crippen LogP contribution < -0.4 is 5.32 Å². The van der Waals surface area contributed by atoms with Crippen LogP contribution in [-0.2, 0) is 4.79 Å². The van der Waals surface area contributed by atoms with Gasteiger partial charge >= 0.3 is 0 Å². The summed E-state index contributed by atoms with van der Waals surface area (Å²) in [5, 5.41) is 12.5. The molecule has 1 rings (SSSR count). The minimum atomic E-state index is -0.966. The second-order valence-electron chi connectivity index (χ2n) is 3.98. The highest BCUT2D eigenvalue weighted by molar-refractivity contribution is 9.10. The summed E-state index contributed by atoms with van der Waals surface area (Å²) in [7, 11) is 0. The molecule has 0 atom stereocenters. The van der Waals surface area contributed by atoms with Crippen LogP contribution in [0.1, 0.15) is 26.7 Å². The Balaban J connectivity index is 2.94. The molecule has 0 aliphatic carbocycles. The van der Waals surface area contributed by atoms with E-state index in [0.29, 0.717) is 28.0 Å². The second kappa shape index (κ2) is 6.21. The Morgan fingerprint density at radius 2 is 2.11 bits per heavy atom. The zero-order chi connectivity index (χ0) is 13.8. The van der Waals surface area contributed by atoms with Crippen molar-refractivity contribution in [1.29, 1.82) is 5.26 Å². The minimum Gasteiger partial charge on any atom is -0.325 e. The largest absolute Gasteiger partial charge is 0.325 e. The van der Waals surface area contributed by atoms with Crippen molar-refractivity contribution in [1.82, 2.24) is 0 Å². The second-order valence-corrected chi connectivity index (χ2v) is 5.25. The van der Waals surface area contributed by atoms with Crippen molar-refractivity contribution in [3.8, 4) is 6.07 Å². The fraction of sp³-hybridized carbons (Fsp3) is 0.385. The Labute approximate surface area is 120 Å². The van der Waals surface area contributed by atoms with Gasteiger partial charge in [-0.1, -0.05) is 25.4 Å². The van der Waals surface area contributed by atoms with Gasteiger partial charge in [0, 0.05) is 10.2 Å². The molecular weight excluding hydrogens is 316 g/mol. The Hall–Kier alpha value is -1.05. The lowest BCUT2D eigenvalue weighted by Crippen LogP contribution is -2.33. The number of amides is 1. The smallest absolute Gasteiger partial charge is 0.244 e. The van der Waals surface area contributed by atoms with Crippen molar-refractivity contribution >= 4 is 39.1 Å². The summed E-state index contributed by atoms with van der Waals surface area (Å²) >= 11 is 9.17. The summed E-state index contributed by atoms with van der Waals surface area (Å²) in [4.78, 5) is 12.1. The number of halogens is 2. The monoisotopic (exact) mass is 328 g/mol. The van der Waals surface area contributed by atoms with Gasteiger partial charge in [0.15, 0.2) is 0 Å². The molecule has 1 aromatic rings. The number of hydrogen-bond donors (Lipinski definition) is 1. The molecule has 0 fully saturated rings. The van der Waals surface area contributed by atoms with E-state index in [1.54, 1.807) is 18.2 Å². The predicted molar refractivity (Wildman–Crippen MR) is 76.4 cm³/mol. The van der Waals surface area contributed by atoms with E-state index < -0.39 is 5.41 Å². The van der Waals surface area contributed by atoms with E-state index in [4.69, 9.17) is 11.6 Å². The van der Waals surface area contributed by atoms with Gasteiger partial charge in [-0.25, -0.2) is 0 Å². The number of nitriles is 1. The van der Waals surface area contributed by atoms with Crippen LogP contribution in [0.25, 0.3) is 0 Å². The lowest BCUT2D eigenvalue weighted by molar-refractivity contribution is -0.123. The third-order valence-electron chi connectivity index (χ3n) is 3.03. The average Bonchev–Trinajstić information content (AvgIpc) is 2.37. The summed E-state index contributed by atoms with van der Waals surface area (Å²) < 4.78 is 0.706. The standard InChI is InChI=1S/C13H14BrClN2O/c1-3-13(4-2,8-16)12(18)17-9-5-6-11(15)10(14)7-9/h5-7H,3-4H2,1-2H3,(H,17,18). The maximum atomic E-state index is 12.1. The molecule has 0 saturated heterocycles. The molecule has 0 aliphatic heterocycles. The molecule has 1 amide bonds. The lowest BCUT2D eigenvalue weighted by atomic mass is 9.83. The van der Waals surface area contributed by atoms with Crippen LogP contribution in [0.2, 0.25) is 5.02 Å². The van der Waals surface area contributed by atoms with Gasteiger partial charge in [0.1, 0.15) is 5.41 Å². The first-order valence-corrected chi connectivity index (χ1v) is 6.84. The molecule has 1 aromatic carbocycles. The summed E-state index contributed by atoms with van der Waals surface area (Å²) in [6.07, 6.45) is 0.973. The van der Waals surface area contributed by atoms with Crippen molar-refractivity contribution < 1.29 is 4.79 Å². The van der Waals surface area contributed by atoms with Crippen molar-refractivity contribution in [3.05, 3.63) is 27.7 Å². The summed E-state index contributed by atoms with van der Waals surface area (Å²) in [5.41, 5.74) is -0.343. The molecule has 0 aliphatic rings. The SMILES string of the molecule is CCC(C#N)(CC)C(=O)Nc1ccc(Cl)c(Br)c1. The van der Waals surface area contributed by atoms with Gasteiger partial charge < -0.3 is 5.32 Å².